The molecule has 0 radical (unpaired) electrons. The van der Waals surface area contributed by atoms with E-state index in [-0.39, 0.29) is 0 Å². The van der Waals surface area contributed by atoms with Gasteiger partial charge in [-0.3, -0.25) is 0 Å². The van der Waals surface area contributed by atoms with E-state index in [1.807, 2.05) is 0 Å². The zero-order valence-corrected chi connectivity index (χ0v) is 15.1. The first-order chi connectivity index (χ1) is 10.8. The van der Waals surface area contributed by atoms with E-state index >= 15 is 0 Å². The molecule has 2 aliphatic carbocycles. The van der Waals surface area contributed by atoms with E-state index in [0.717, 1.165) is 30.8 Å². The van der Waals surface area contributed by atoms with Crippen molar-refractivity contribution in [3.63, 3.8) is 0 Å². The minimum absolute atomic E-state index is 0.581. The van der Waals surface area contributed by atoms with Crippen LogP contribution in [0.5, 0.6) is 0 Å². The fourth-order valence-electron chi connectivity index (χ4n) is 4.34. The van der Waals surface area contributed by atoms with Crippen LogP contribution in [-0.2, 0) is 4.74 Å². The highest BCUT2D eigenvalue weighted by atomic mass is 16.5. The molecule has 0 unspecified atom stereocenters. The predicted octanol–water partition coefficient (Wildman–Crippen LogP) is 6.52. The van der Waals surface area contributed by atoms with Gasteiger partial charge in [0.05, 0.1) is 6.10 Å². The van der Waals surface area contributed by atoms with Crippen LogP contribution in [0.2, 0.25) is 0 Å². The molecule has 2 aliphatic rings. The average Bonchev–Trinajstić information content (AvgIpc) is 2.58. The standard InChI is InChI=1S/C21H38O/c1-3-5-6-18-7-9-19(10-8-18)11-12-20-13-15-21(16-14-20)22-17-4-2/h5-6,18-21H,3-4,7-17H2,1-2H3/b6-5+/t18-,19-,20-,21-. The van der Waals surface area contributed by atoms with E-state index in [4.69, 9.17) is 4.74 Å². The summed E-state index contributed by atoms with van der Waals surface area (Å²) >= 11 is 0. The summed E-state index contributed by atoms with van der Waals surface area (Å²) in [5, 5.41) is 0. The lowest BCUT2D eigenvalue weighted by atomic mass is 9.77. The summed E-state index contributed by atoms with van der Waals surface area (Å²) in [6, 6.07) is 0. The average molecular weight is 307 g/mol. The molecule has 0 aromatic rings. The fraction of sp³-hybridized carbons (Fsp3) is 0.905. The Morgan fingerprint density at radius 3 is 1.95 bits per heavy atom. The highest BCUT2D eigenvalue weighted by Gasteiger charge is 2.24. The first-order valence-electron chi connectivity index (χ1n) is 10.1. The Morgan fingerprint density at radius 2 is 1.41 bits per heavy atom. The van der Waals surface area contributed by atoms with Crippen molar-refractivity contribution in [1.29, 1.82) is 0 Å². The van der Waals surface area contributed by atoms with Crippen LogP contribution in [-0.4, -0.2) is 12.7 Å². The molecule has 0 saturated heterocycles. The van der Waals surface area contributed by atoms with Crippen molar-refractivity contribution in [2.75, 3.05) is 6.61 Å². The van der Waals surface area contributed by atoms with Gasteiger partial charge >= 0.3 is 0 Å². The number of rotatable bonds is 8. The Hall–Kier alpha value is -0.300. The van der Waals surface area contributed by atoms with E-state index < -0.39 is 0 Å². The molecule has 0 aliphatic heterocycles. The highest BCUT2D eigenvalue weighted by molar-refractivity contribution is 4.90. The van der Waals surface area contributed by atoms with Gasteiger partial charge in [0.1, 0.15) is 0 Å². The van der Waals surface area contributed by atoms with Crippen LogP contribution in [0.15, 0.2) is 12.2 Å². The van der Waals surface area contributed by atoms with Gasteiger partial charge in [-0.2, -0.15) is 0 Å². The van der Waals surface area contributed by atoms with Gasteiger partial charge in [-0.25, -0.2) is 0 Å². The second-order valence-electron chi connectivity index (χ2n) is 7.71. The molecule has 0 heterocycles. The summed E-state index contributed by atoms with van der Waals surface area (Å²) in [5.74, 6) is 2.92. The highest BCUT2D eigenvalue weighted by Crippen LogP contribution is 2.36. The lowest BCUT2D eigenvalue weighted by Gasteiger charge is -2.31. The van der Waals surface area contributed by atoms with Crippen molar-refractivity contribution in [2.24, 2.45) is 17.8 Å². The van der Waals surface area contributed by atoms with E-state index in [1.165, 1.54) is 70.6 Å². The van der Waals surface area contributed by atoms with Gasteiger partial charge in [0.2, 0.25) is 0 Å². The third-order valence-electron chi connectivity index (χ3n) is 5.87. The minimum atomic E-state index is 0.581. The summed E-state index contributed by atoms with van der Waals surface area (Å²) in [4.78, 5) is 0. The molecule has 1 heteroatoms. The molecule has 0 atom stereocenters. The third-order valence-corrected chi connectivity index (χ3v) is 5.87. The number of hydrogen-bond acceptors (Lipinski definition) is 1. The van der Waals surface area contributed by atoms with Crippen molar-refractivity contribution in [2.45, 2.75) is 97.0 Å². The summed E-state index contributed by atoms with van der Waals surface area (Å²) in [5.41, 5.74) is 0. The van der Waals surface area contributed by atoms with Crippen molar-refractivity contribution in [3.05, 3.63) is 12.2 Å². The lowest BCUT2D eigenvalue weighted by molar-refractivity contribution is 0.0168. The van der Waals surface area contributed by atoms with Crippen molar-refractivity contribution in [3.8, 4) is 0 Å². The Morgan fingerprint density at radius 1 is 0.818 bits per heavy atom. The van der Waals surface area contributed by atoms with Gasteiger partial charge in [-0.05, 0) is 82.0 Å². The molecule has 2 fully saturated rings. The van der Waals surface area contributed by atoms with Crippen LogP contribution in [0, 0.1) is 17.8 Å². The Balaban J connectivity index is 1.55. The molecule has 0 amide bonds. The maximum Gasteiger partial charge on any atom is 0.0575 e. The second-order valence-corrected chi connectivity index (χ2v) is 7.71. The fourth-order valence-corrected chi connectivity index (χ4v) is 4.34. The van der Waals surface area contributed by atoms with E-state index in [1.54, 1.807) is 0 Å². The first kappa shape index (κ1) is 18.0. The van der Waals surface area contributed by atoms with Gasteiger partial charge in [0.25, 0.3) is 0 Å². The van der Waals surface area contributed by atoms with Gasteiger partial charge < -0.3 is 4.74 Å². The van der Waals surface area contributed by atoms with Gasteiger partial charge in [-0.1, -0.05) is 38.8 Å². The van der Waals surface area contributed by atoms with Crippen molar-refractivity contribution >= 4 is 0 Å². The molecule has 2 saturated carbocycles. The quantitative estimate of drug-likeness (QED) is 0.463. The third kappa shape index (κ3) is 6.44. The van der Waals surface area contributed by atoms with E-state index in [9.17, 15) is 0 Å². The molecule has 2 rings (SSSR count). The number of ether oxygens (including phenoxy) is 1. The molecule has 0 aromatic carbocycles. The SMILES string of the molecule is CC/C=C/[C@H]1CC[C@H](CC[C@H]2CC[C@H](OCCC)CC2)CC1. The van der Waals surface area contributed by atoms with Crippen LogP contribution in [0.4, 0.5) is 0 Å². The molecule has 0 N–H and O–H groups in total. The summed E-state index contributed by atoms with van der Waals surface area (Å²) < 4.78 is 5.91. The second kappa shape index (κ2) is 10.5. The molecule has 0 bridgehead atoms. The predicted molar refractivity (Wildman–Crippen MR) is 96.1 cm³/mol. The summed E-state index contributed by atoms with van der Waals surface area (Å²) in [7, 11) is 0. The van der Waals surface area contributed by atoms with Gasteiger partial charge in [0.15, 0.2) is 0 Å². The zero-order chi connectivity index (χ0) is 15.6. The zero-order valence-electron chi connectivity index (χ0n) is 15.1. The molecule has 22 heavy (non-hydrogen) atoms. The minimum Gasteiger partial charge on any atom is -0.378 e. The van der Waals surface area contributed by atoms with E-state index in [0.29, 0.717) is 6.10 Å². The Kier molecular flexibility index (Phi) is 8.59. The molecular formula is C21H38O. The first-order valence-corrected chi connectivity index (χ1v) is 10.1. The Labute approximate surface area is 138 Å². The largest absolute Gasteiger partial charge is 0.378 e. The molecular weight excluding hydrogens is 268 g/mol. The molecule has 0 aromatic heterocycles. The summed E-state index contributed by atoms with van der Waals surface area (Å²) in [6.45, 7) is 5.41. The van der Waals surface area contributed by atoms with Crippen LogP contribution in [0.3, 0.4) is 0 Å². The Bertz CT molecular complexity index is 293. The molecule has 1 nitrogen and oxygen atoms in total. The van der Waals surface area contributed by atoms with Crippen LogP contribution in [0.25, 0.3) is 0 Å². The number of hydrogen-bond donors (Lipinski definition) is 0. The summed E-state index contributed by atoms with van der Waals surface area (Å²) in [6.07, 6.45) is 22.1. The smallest absolute Gasteiger partial charge is 0.0575 e. The van der Waals surface area contributed by atoms with Crippen molar-refractivity contribution < 1.29 is 4.74 Å². The molecule has 128 valence electrons. The monoisotopic (exact) mass is 306 g/mol. The van der Waals surface area contributed by atoms with Gasteiger partial charge in [-0.15, -0.1) is 0 Å². The van der Waals surface area contributed by atoms with Crippen molar-refractivity contribution in [1.82, 2.24) is 0 Å². The maximum atomic E-state index is 5.91. The van der Waals surface area contributed by atoms with Crippen LogP contribution < -0.4 is 0 Å². The lowest BCUT2D eigenvalue weighted by Crippen LogP contribution is -2.22. The molecule has 0 spiro atoms. The maximum absolute atomic E-state index is 5.91. The number of allylic oxidation sites excluding steroid dienone is 2. The normalized spacial score (nSPS) is 33.4. The topological polar surface area (TPSA) is 9.23 Å². The van der Waals surface area contributed by atoms with E-state index in [2.05, 4.69) is 26.0 Å². The van der Waals surface area contributed by atoms with Crippen LogP contribution >= 0.6 is 0 Å². The van der Waals surface area contributed by atoms with Crippen LogP contribution in [0.1, 0.15) is 90.9 Å². The van der Waals surface area contributed by atoms with Gasteiger partial charge in [0, 0.05) is 6.61 Å².